The van der Waals surface area contributed by atoms with Crippen molar-refractivity contribution in [3.63, 3.8) is 0 Å². The van der Waals surface area contributed by atoms with Crippen LogP contribution in [0.5, 0.6) is 0 Å². The first-order chi connectivity index (χ1) is 13.1. The van der Waals surface area contributed by atoms with Crippen LogP contribution < -0.4 is 0 Å². The topological polar surface area (TPSA) is 36.4 Å². The number of carbonyl (C=O) groups is 1. The fourth-order valence-corrected chi connectivity index (χ4v) is 6.08. The molecular weight excluding hydrogens is 374 g/mol. The van der Waals surface area contributed by atoms with Crippen LogP contribution in [-0.2, 0) is 0 Å². The number of carbonyl (C=O) groups excluding carboxylic acids is 1. The van der Waals surface area contributed by atoms with E-state index in [0.717, 1.165) is 52.4 Å². The molecule has 1 amide bonds. The molecule has 4 nitrogen and oxygen atoms in total. The van der Waals surface area contributed by atoms with Crippen LogP contribution >= 0.6 is 22.7 Å². The Morgan fingerprint density at radius 1 is 1.26 bits per heavy atom. The second-order valence-electron chi connectivity index (χ2n) is 8.15. The average molecular weight is 404 g/mol. The highest BCUT2D eigenvalue weighted by atomic mass is 32.1. The van der Waals surface area contributed by atoms with Gasteiger partial charge in [-0.15, -0.1) is 22.7 Å². The first-order valence-corrected chi connectivity index (χ1v) is 11.8. The second-order valence-corrected chi connectivity index (χ2v) is 10.1. The summed E-state index contributed by atoms with van der Waals surface area (Å²) in [6.07, 6.45) is 5.01. The van der Waals surface area contributed by atoms with Gasteiger partial charge in [0.25, 0.3) is 5.91 Å². The third-order valence-electron chi connectivity index (χ3n) is 5.92. The molecule has 2 aromatic heterocycles. The van der Waals surface area contributed by atoms with Crippen LogP contribution in [0.3, 0.4) is 0 Å². The van der Waals surface area contributed by atoms with Crippen molar-refractivity contribution >= 4 is 28.6 Å². The summed E-state index contributed by atoms with van der Waals surface area (Å²) < 4.78 is 0. The molecule has 0 spiro atoms. The van der Waals surface area contributed by atoms with Gasteiger partial charge in [0, 0.05) is 19.6 Å². The standard InChI is InChI=1S/C21H29N3OS2/c1-15-7-10-23(11-8-15)13-17-5-3-9-24(14-17)21(25)19-16(2)22-20(27-19)18-6-4-12-26-18/h4,6,12,15,17H,3,5,7-11,13-14H2,1-2H3. The van der Waals surface area contributed by atoms with Crippen molar-refractivity contribution in [2.24, 2.45) is 11.8 Å². The first kappa shape index (κ1) is 19.1. The predicted molar refractivity (Wildman–Crippen MR) is 114 cm³/mol. The molecule has 2 aliphatic rings. The summed E-state index contributed by atoms with van der Waals surface area (Å²) >= 11 is 3.24. The van der Waals surface area contributed by atoms with Crippen molar-refractivity contribution in [3.05, 3.63) is 28.1 Å². The van der Waals surface area contributed by atoms with E-state index in [1.165, 1.54) is 32.4 Å². The summed E-state index contributed by atoms with van der Waals surface area (Å²) in [7, 11) is 0. The van der Waals surface area contributed by atoms with Gasteiger partial charge in [0.2, 0.25) is 0 Å². The highest BCUT2D eigenvalue weighted by Crippen LogP contribution is 2.32. The number of hydrogen-bond acceptors (Lipinski definition) is 5. The maximum absolute atomic E-state index is 13.2. The quantitative estimate of drug-likeness (QED) is 0.738. The molecule has 0 aliphatic carbocycles. The van der Waals surface area contributed by atoms with Gasteiger partial charge in [-0.2, -0.15) is 0 Å². The van der Waals surface area contributed by atoms with Crippen molar-refractivity contribution in [2.75, 3.05) is 32.7 Å². The Morgan fingerprint density at radius 3 is 2.81 bits per heavy atom. The summed E-state index contributed by atoms with van der Waals surface area (Å²) in [6.45, 7) is 9.72. The van der Waals surface area contributed by atoms with E-state index >= 15 is 0 Å². The summed E-state index contributed by atoms with van der Waals surface area (Å²) in [5.74, 6) is 1.67. The maximum Gasteiger partial charge on any atom is 0.265 e. The molecule has 0 bridgehead atoms. The molecule has 4 heterocycles. The molecule has 4 rings (SSSR count). The highest BCUT2D eigenvalue weighted by molar-refractivity contribution is 7.22. The minimum absolute atomic E-state index is 0.185. The van der Waals surface area contributed by atoms with E-state index in [-0.39, 0.29) is 5.91 Å². The lowest BCUT2D eigenvalue weighted by Crippen LogP contribution is -2.45. The largest absolute Gasteiger partial charge is 0.338 e. The molecule has 146 valence electrons. The Kier molecular flexibility index (Phi) is 5.95. The van der Waals surface area contributed by atoms with Crippen molar-refractivity contribution in [1.82, 2.24) is 14.8 Å². The van der Waals surface area contributed by atoms with Gasteiger partial charge in [-0.25, -0.2) is 4.98 Å². The van der Waals surface area contributed by atoms with Crippen molar-refractivity contribution in [2.45, 2.75) is 39.5 Å². The van der Waals surface area contributed by atoms with Gasteiger partial charge in [-0.1, -0.05) is 13.0 Å². The van der Waals surface area contributed by atoms with E-state index in [1.54, 1.807) is 22.7 Å². The van der Waals surface area contributed by atoms with Crippen LogP contribution in [0.2, 0.25) is 0 Å². The number of amides is 1. The van der Waals surface area contributed by atoms with E-state index in [0.29, 0.717) is 5.92 Å². The third kappa shape index (κ3) is 4.44. The highest BCUT2D eigenvalue weighted by Gasteiger charge is 2.29. The second kappa shape index (κ2) is 8.41. The summed E-state index contributed by atoms with van der Waals surface area (Å²) in [5, 5.41) is 3.03. The molecule has 1 atom stereocenters. The molecule has 0 radical (unpaired) electrons. The van der Waals surface area contributed by atoms with Gasteiger partial charge in [-0.05, 0) is 69.0 Å². The fourth-order valence-electron chi connectivity index (χ4n) is 4.25. The lowest BCUT2D eigenvalue weighted by molar-refractivity contribution is 0.0626. The first-order valence-electron chi connectivity index (χ1n) is 10.1. The monoisotopic (exact) mass is 403 g/mol. The minimum Gasteiger partial charge on any atom is -0.338 e. The van der Waals surface area contributed by atoms with E-state index in [1.807, 2.05) is 13.0 Å². The van der Waals surface area contributed by atoms with Gasteiger partial charge in [-0.3, -0.25) is 4.79 Å². The number of thiophene rings is 1. The summed E-state index contributed by atoms with van der Waals surface area (Å²) in [6, 6.07) is 4.11. The molecular formula is C21H29N3OS2. The van der Waals surface area contributed by atoms with E-state index in [9.17, 15) is 4.79 Å². The van der Waals surface area contributed by atoms with Gasteiger partial charge < -0.3 is 9.80 Å². The molecule has 1 unspecified atom stereocenters. The Hall–Kier alpha value is -1.24. The maximum atomic E-state index is 13.2. The summed E-state index contributed by atoms with van der Waals surface area (Å²) in [4.78, 5) is 24.5. The van der Waals surface area contributed by atoms with E-state index in [2.05, 4.69) is 33.2 Å². The smallest absolute Gasteiger partial charge is 0.265 e. The van der Waals surface area contributed by atoms with Gasteiger partial charge in [0.15, 0.2) is 0 Å². The number of aromatic nitrogens is 1. The number of nitrogens with zero attached hydrogens (tertiary/aromatic N) is 3. The minimum atomic E-state index is 0.185. The molecule has 2 saturated heterocycles. The lowest BCUT2D eigenvalue weighted by Gasteiger charge is -2.37. The predicted octanol–water partition coefficient (Wildman–Crippen LogP) is 4.76. The van der Waals surface area contributed by atoms with Crippen molar-refractivity contribution < 1.29 is 4.79 Å². The zero-order valence-corrected chi connectivity index (χ0v) is 18.0. The Balaban J connectivity index is 1.40. The Labute approximate surface area is 170 Å². The van der Waals surface area contributed by atoms with Gasteiger partial charge >= 0.3 is 0 Å². The molecule has 0 N–H and O–H groups in total. The number of aryl methyl sites for hydroxylation is 1. The van der Waals surface area contributed by atoms with Crippen LogP contribution in [0.4, 0.5) is 0 Å². The summed E-state index contributed by atoms with van der Waals surface area (Å²) in [5.41, 5.74) is 0.876. The molecule has 2 fully saturated rings. The molecule has 2 aliphatic heterocycles. The number of hydrogen-bond donors (Lipinski definition) is 0. The zero-order chi connectivity index (χ0) is 18.8. The van der Waals surface area contributed by atoms with Crippen LogP contribution in [0.1, 0.15) is 48.0 Å². The Morgan fingerprint density at radius 2 is 2.07 bits per heavy atom. The molecule has 2 aromatic rings. The van der Waals surface area contributed by atoms with Crippen LogP contribution in [0.25, 0.3) is 9.88 Å². The van der Waals surface area contributed by atoms with Gasteiger partial charge in [0.1, 0.15) is 9.88 Å². The molecule has 0 aromatic carbocycles. The molecule has 0 saturated carbocycles. The van der Waals surface area contributed by atoms with Crippen LogP contribution in [0, 0.1) is 18.8 Å². The number of rotatable bonds is 4. The molecule has 27 heavy (non-hydrogen) atoms. The zero-order valence-electron chi connectivity index (χ0n) is 16.3. The van der Waals surface area contributed by atoms with Crippen molar-refractivity contribution in [3.8, 4) is 9.88 Å². The van der Waals surface area contributed by atoms with Crippen molar-refractivity contribution in [1.29, 1.82) is 0 Å². The van der Waals surface area contributed by atoms with E-state index in [4.69, 9.17) is 0 Å². The Bertz CT molecular complexity index is 762. The number of thiazole rings is 1. The fraction of sp³-hybridized carbons (Fsp3) is 0.619. The third-order valence-corrected chi connectivity index (χ3v) is 8.11. The lowest BCUT2D eigenvalue weighted by atomic mass is 9.94. The van der Waals surface area contributed by atoms with Gasteiger partial charge in [0.05, 0.1) is 10.6 Å². The SMILES string of the molecule is Cc1nc(-c2cccs2)sc1C(=O)N1CCCC(CN2CCC(C)CC2)C1. The van der Waals surface area contributed by atoms with Crippen LogP contribution in [-0.4, -0.2) is 53.4 Å². The number of likely N-dealkylation sites (tertiary alicyclic amines) is 2. The normalized spacial score (nSPS) is 22.3. The van der Waals surface area contributed by atoms with E-state index < -0.39 is 0 Å². The molecule has 6 heteroatoms. The van der Waals surface area contributed by atoms with Crippen LogP contribution in [0.15, 0.2) is 17.5 Å². The average Bonchev–Trinajstić information content (AvgIpc) is 3.33. The number of piperidine rings is 2.